The number of esters is 2. The molecule has 0 atom stereocenters. The zero-order valence-corrected chi connectivity index (χ0v) is 33.6. The van der Waals surface area contributed by atoms with E-state index in [1.807, 2.05) is 55.4 Å². The van der Waals surface area contributed by atoms with Crippen LogP contribution in [-0.4, -0.2) is 45.5 Å². The van der Waals surface area contributed by atoms with Crippen LogP contribution < -0.4 is 19.0 Å². The smallest absolute Gasteiger partial charge is 0.335 e. The van der Waals surface area contributed by atoms with Gasteiger partial charge in [-0.05, 0) is 44.2 Å². The van der Waals surface area contributed by atoms with Crippen LogP contribution in [0, 0.1) is 0 Å². The number of halogens is 5. The van der Waals surface area contributed by atoms with Gasteiger partial charge in [0.15, 0.2) is 0 Å². The van der Waals surface area contributed by atoms with E-state index in [2.05, 4.69) is 79.2 Å². The molecule has 224 valence electrons. The summed E-state index contributed by atoms with van der Waals surface area (Å²) in [6, 6.07) is 13.9. The number of amides is 2. The van der Waals surface area contributed by atoms with Crippen molar-refractivity contribution in [1.29, 1.82) is 0 Å². The summed E-state index contributed by atoms with van der Waals surface area (Å²) in [5.74, 6) is -1.15. The number of rotatable bonds is 1. The maximum atomic E-state index is 11.8. The Morgan fingerprint density at radius 2 is 1.05 bits per heavy atom. The van der Waals surface area contributed by atoms with Gasteiger partial charge in [-0.2, -0.15) is 0 Å². The number of carbonyl (C=O) groups excluding carboxylic acids is 4. The Bertz CT molecular complexity index is 918. The number of ether oxygens (including phenoxy) is 1. The summed E-state index contributed by atoms with van der Waals surface area (Å²) in [7, 11) is 0. The van der Waals surface area contributed by atoms with Crippen LogP contribution >= 0.6 is 74.5 Å². The first kappa shape index (κ1) is 46.3. The Morgan fingerprint density at radius 1 is 0.769 bits per heavy atom. The molecule has 12 heteroatoms. The molecule has 2 aromatic carbocycles. The van der Waals surface area contributed by atoms with Gasteiger partial charge < -0.3 is 10.5 Å². The Hall–Kier alpha value is 0.330. The Morgan fingerprint density at radius 3 is 1.33 bits per heavy atom. The number of fused-ring (bicyclic) bond motifs is 2. The second-order valence-electron chi connectivity index (χ2n) is 7.16. The van der Waals surface area contributed by atoms with Crippen molar-refractivity contribution in [3.8, 4) is 0 Å². The molecule has 2 amide bonds. The van der Waals surface area contributed by atoms with Crippen molar-refractivity contribution in [3.05, 3.63) is 70.8 Å². The molecule has 2 aromatic rings. The van der Waals surface area contributed by atoms with Crippen LogP contribution in [0.15, 0.2) is 48.5 Å². The summed E-state index contributed by atoms with van der Waals surface area (Å²) in [5.41, 5.74) is 7.04. The molecule has 0 fully saturated rings. The molecule has 0 spiro atoms. The van der Waals surface area contributed by atoms with Gasteiger partial charge in [0, 0.05) is 43.3 Å². The zero-order valence-electron chi connectivity index (χ0n) is 22.8. The van der Waals surface area contributed by atoms with Crippen molar-refractivity contribution < 1.29 is 37.2 Å². The van der Waals surface area contributed by atoms with Gasteiger partial charge in [-0.3, -0.25) is 14.5 Å². The number of imide groups is 1. The van der Waals surface area contributed by atoms with Crippen molar-refractivity contribution in [3.63, 3.8) is 0 Å². The second kappa shape index (κ2) is 28.4. The first-order valence-corrected chi connectivity index (χ1v) is 30.5. The molecule has 2 aliphatic heterocycles. The van der Waals surface area contributed by atoms with Crippen molar-refractivity contribution in [2.24, 2.45) is 5.73 Å². The maximum absolute atomic E-state index is 11.8. The van der Waals surface area contributed by atoms with Crippen molar-refractivity contribution in [1.82, 2.24) is 4.90 Å². The Labute approximate surface area is 287 Å². The van der Waals surface area contributed by atoms with E-state index in [9.17, 15) is 14.4 Å². The first-order valence-electron chi connectivity index (χ1n) is 11.7. The number of carbonyl (C=O) groups is 3. The SMILES string of the molecule is C.CC.CC.CC(C)N.CC(C)N1C(=O)c2ccccc2C1=O.II.I[I-]I.O=C1OC(=[OH+])c2ccccc21. The standard InChI is InChI=1S/C11H11NO2.C8H4O3.C3H9N.2C2H6.CH4.I3.I2/c1-7(2)12-10(13)8-5-3-4-6-9(8)11(12)14;9-7-5-3-1-2-4-6(5)8(10)11-7;1-3(2)4;2*1-2;;1-3-2;1-2/h3-7H,1-2H3;1-4H;3H,4H2,1-2H3;2*1-2H3;1H4;;/q;;;;;;-1;/p+1. The molecule has 0 radical (unpaired) electrons. The Kier molecular flexibility index (Phi) is 33.8. The predicted molar refractivity (Wildman–Crippen MR) is 195 cm³/mol. The van der Waals surface area contributed by atoms with Crippen LogP contribution in [0.4, 0.5) is 0 Å². The minimum atomic E-state index is -0.488. The van der Waals surface area contributed by atoms with E-state index >= 15 is 0 Å². The van der Waals surface area contributed by atoms with Crippen molar-refractivity contribution in [2.75, 3.05) is 0 Å². The summed E-state index contributed by atoms with van der Waals surface area (Å²) >= 11 is 9.54. The van der Waals surface area contributed by atoms with Crippen LogP contribution in [0.3, 0.4) is 0 Å². The van der Waals surface area contributed by atoms with E-state index in [1.165, 1.54) is 4.90 Å². The predicted octanol–water partition coefficient (Wildman–Crippen LogP) is 5.99. The molecular weight excluding hydrogens is 1070 g/mol. The molecule has 3 N–H and O–H groups in total. The zero-order chi connectivity index (χ0) is 30.4. The monoisotopic (exact) mass is 1110 g/mol. The van der Waals surface area contributed by atoms with Crippen LogP contribution in [0.2, 0.25) is 0 Å². The van der Waals surface area contributed by atoms with Gasteiger partial charge in [0.25, 0.3) is 11.8 Å². The van der Waals surface area contributed by atoms with Gasteiger partial charge in [-0.15, -0.1) is 0 Å². The number of hydrogen-bond donors (Lipinski definition) is 1. The molecular formula is C27H41I5N2O5. The van der Waals surface area contributed by atoms with Gasteiger partial charge in [0.1, 0.15) is 11.1 Å². The first-order chi connectivity index (χ1) is 18.1. The van der Waals surface area contributed by atoms with E-state index in [0.29, 0.717) is 41.6 Å². The quantitative estimate of drug-likeness (QED) is 0.124. The average molecular weight is 1110 g/mol. The fourth-order valence-corrected chi connectivity index (χ4v) is 2.72. The van der Waals surface area contributed by atoms with Gasteiger partial charge in [0.05, 0.1) is 11.1 Å². The van der Waals surface area contributed by atoms with Gasteiger partial charge >= 0.3 is 62.4 Å². The van der Waals surface area contributed by atoms with Crippen LogP contribution in [-0.2, 0) is 4.74 Å². The molecule has 0 saturated heterocycles. The molecule has 2 aliphatic rings. The fraction of sp³-hybridized carbons (Fsp3) is 0.407. The summed E-state index contributed by atoms with van der Waals surface area (Å²) in [6.07, 6.45) is 0. The molecule has 0 unspecified atom stereocenters. The third-order valence-electron chi connectivity index (χ3n) is 3.91. The van der Waals surface area contributed by atoms with Crippen LogP contribution in [0.25, 0.3) is 0 Å². The number of benzene rings is 2. The molecule has 0 bridgehead atoms. The molecule has 4 rings (SSSR count). The molecule has 2 heterocycles. The largest absolute Gasteiger partial charge is 0.527 e. The Balaban J connectivity index is -0.000000219. The summed E-state index contributed by atoms with van der Waals surface area (Å²) in [6.45, 7) is 15.6. The number of cyclic esters (lactones) is 2. The molecule has 0 aliphatic carbocycles. The van der Waals surface area contributed by atoms with E-state index in [1.54, 1.807) is 48.5 Å². The summed E-state index contributed by atoms with van der Waals surface area (Å²) in [5, 5.41) is 0. The number of hydrogen-bond acceptors (Lipinski definition) is 5. The second-order valence-corrected chi connectivity index (χ2v) is 23.4. The molecule has 0 saturated carbocycles. The van der Waals surface area contributed by atoms with Crippen LogP contribution in [0.1, 0.15) is 99.5 Å². The average Bonchev–Trinajstić information content (AvgIpc) is 3.35. The van der Waals surface area contributed by atoms with E-state index in [4.69, 9.17) is 10.5 Å². The fourth-order valence-electron chi connectivity index (χ4n) is 2.72. The van der Waals surface area contributed by atoms with Gasteiger partial charge in [-0.25, -0.2) is 9.53 Å². The molecule has 0 aromatic heterocycles. The number of nitrogens with two attached hydrogens (primary N) is 1. The third-order valence-corrected chi connectivity index (χ3v) is 3.91. The number of nitrogens with zero attached hydrogens (tertiary/aromatic N) is 1. The molecule has 7 nitrogen and oxygen atoms in total. The minimum Gasteiger partial charge on any atom is -0.335 e. The summed E-state index contributed by atoms with van der Waals surface area (Å²) in [4.78, 5) is 44.7. The minimum absolute atomic E-state index is 0. The van der Waals surface area contributed by atoms with Crippen molar-refractivity contribution >= 4 is 98.2 Å². The van der Waals surface area contributed by atoms with Crippen molar-refractivity contribution in [2.45, 2.75) is 74.9 Å². The maximum Gasteiger partial charge on any atom is 0.527 e. The topological polar surface area (TPSA) is 111 Å². The van der Waals surface area contributed by atoms with Gasteiger partial charge in [0.2, 0.25) is 0 Å². The normalized spacial score (nSPS) is 11.5. The van der Waals surface area contributed by atoms with E-state index in [0.717, 1.165) is 0 Å². The van der Waals surface area contributed by atoms with Gasteiger partial charge in [-0.1, -0.05) is 73.2 Å². The third kappa shape index (κ3) is 17.1. The van der Waals surface area contributed by atoms with Crippen LogP contribution in [0.5, 0.6) is 0 Å². The summed E-state index contributed by atoms with van der Waals surface area (Å²) < 4.78 is 4.46. The van der Waals surface area contributed by atoms with E-state index in [-0.39, 0.29) is 31.3 Å². The van der Waals surface area contributed by atoms with E-state index < -0.39 is 5.97 Å². The molecule has 39 heavy (non-hydrogen) atoms.